The van der Waals surface area contributed by atoms with Crippen molar-refractivity contribution in [1.82, 2.24) is 0 Å². The quantitative estimate of drug-likeness (QED) is 0.644. The smallest absolute Gasteiger partial charge is 0.186 e. The topological polar surface area (TPSA) is 55.8 Å². The molecule has 0 radical (unpaired) electrons. The lowest BCUT2D eigenvalue weighted by Gasteiger charge is -2.22. The summed E-state index contributed by atoms with van der Waals surface area (Å²) >= 11 is 0. The molecule has 0 spiro atoms. The molecule has 4 nitrogen and oxygen atoms in total. The van der Waals surface area contributed by atoms with Crippen LogP contribution in [0.1, 0.15) is 6.92 Å². The molecule has 0 saturated carbocycles. The highest BCUT2D eigenvalue weighted by Gasteiger charge is 2.24. The van der Waals surface area contributed by atoms with Crippen LogP contribution in [-0.2, 0) is 14.3 Å². The third-order valence-electron chi connectivity index (χ3n) is 1.53. The van der Waals surface area contributed by atoms with Gasteiger partial charge in [0.15, 0.2) is 12.1 Å². The third-order valence-corrected chi connectivity index (χ3v) is 1.53. The Kier molecular flexibility index (Phi) is 3.40. The highest BCUT2D eigenvalue weighted by Crippen LogP contribution is 2.09. The van der Waals surface area contributed by atoms with Gasteiger partial charge in [-0.3, -0.25) is 4.79 Å². The summed E-state index contributed by atoms with van der Waals surface area (Å²) in [5.41, 5.74) is 0. The van der Waals surface area contributed by atoms with Crippen molar-refractivity contribution in [3.63, 3.8) is 0 Å². The third kappa shape index (κ3) is 2.14. The molecule has 1 rings (SSSR count). The Morgan fingerprint density at radius 1 is 1.75 bits per heavy atom. The van der Waals surface area contributed by atoms with Gasteiger partial charge in [0, 0.05) is 6.61 Å². The molecule has 1 aliphatic heterocycles. The number of carbonyl (C=O) groups excluding carboxylic acids is 1. The van der Waals surface area contributed by atoms with E-state index in [0.29, 0.717) is 6.61 Å². The van der Waals surface area contributed by atoms with E-state index in [-0.39, 0.29) is 12.4 Å². The molecule has 2 atom stereocenters. The number of ether oxygens (including phenoxy) is 2. The van der Waals surface area contributed by atoms with Gasteiger partial charge in [-0.1, -0.05) is 0 Å². The molecule has 12 heavy (non-hydrogen) atoms. The molecular formula is C8H12O4. The fourth-order valence-electron chi connectivity index (χ4n) is 0.947. The molecule has 0 amide bonds. The van der Waals surface area contributed by atoms with E-state index in [1.54, 1.807) is 0 Å². The average Bonchev–Trinajstić information content (AvgIpc) is 2.09. The fourth-order valence-corrected chi connectivity index (χ4v) is 0.947. The van der Waals surface area contributed by atoms with Gasteiger partial charge in [-0.2, -0.15) is 0 Å². The van der Waals surface area contributed by atoms with E-state index < -0.39 is 12.4 Å². The van der Waals surface area contributed by atoms with Crippen molar-refractivity contribution in [2.24, 2.45) is 0 Å². The number of ketones is 1. The first-order valence-electron chi connectivity index (χ1n) is 3.88. The van der Waals surface area contributed by atoms with Crippen molar-refractivity contribution < 1.29 is 19.4 Å². The predicted molar refractivity (Wildman–Crippen MR) is 41.5 cm³/mol. The maximum atomic E-state index is 10.9. The summed E-state index contributed by atoms with van der Waals surface area (Å²) in [4.78, 5) is 10.9. The number of aliphatic hydroxyl groups excluding tert-OH is 1. The largest absolute Gasteiger partial charge is 0.393 e. The van der Waals surface area contributed by atoms with E-state index in [0.717, 1.165) is 0 Å². The molecule has 0 aromatic rings. The van der Waals surface area contributed by atoms with E-state index >= 15 is 0 Å². The van der Waals surface area contributed by atoms with Crippen LogP contribution in [0.25, 0.3) is 0 Å². The highest BCUT2D eigenvalue weighted by molar-refractivity contribution is 5.94. The van der Waals surface area contributed by atoms with E-state index in [2.05, 4.69) is 0 Å². The Bertz CT molecular complexity index is 187. The fraction of sp³-hybridized carbons (Fsp3) is 0.625. The highest BCUT2D eigenvalue weighted by atomic mass is 16.7. The Morgan fingerprint density at radius 3 is 3.08 bits per heavy atom. The van der Waals surface area contributed by atoms with Gasteiger partial charge in [0.1, 0.15) is 6.10 Å². The summed E-state index contributed by atoms with van der Waals surface area (Å²) in [7, 11) is 0. The first-order valence-corrected chi connectivity index (χ1v) is 3.88. The lowest BCUT2D eigenvalue weighted by molar-refractivity contribution is -0.167. The van der Waals surface area contributed by atoms with Gasteiger partial charge >= 0.3 is 0 Å². The molecule has 0 bridgehead atoms. The molecular weight excluding hydrogens is 160 g/mol. The molecule has 1 N–H and O–H groups in total. The molecule has 1 aliphatic rings. The van der Waals surface area contributed by atoms with E-state index in [9.17, 15) is 4.79 Å². The van der Waals surface area contributed by atoms with Gasteiger partial charge in [-0.15, -0.1) is 0 Å². The number of aliphatic hydroxyl groups is 1. The Hall–Kier alpha value is -0.710. The summed E-state index contributed by atoms with van der Waals surface area (Å²) in [5.74, 6) is -0.214. The van der Waals surface area contributed by atoms with Crippen LogP contribution in [0.2, 0.25) is 0 Å². The number of carbonyl (C=O) groups is 1. The first kappa shape index (κ1) is 9.38. The Labute approximate surface area is 70.8 Å². The van der Waals surface area contributed by atoms with Crippen molar-refractivity contribution in [1.29, 1.82) is 0 Å². The number of hydrogen-bond acceptors (Lipinski definition) is 4. The monoisotopic (exact) mass is 172 g/mol. The number of rotatable bonds is 3. The van der Waals surface area contributed by atoms with Gasteiger partial charge in [0.2, 0.25) is 0 Å². The summed E-state index contributed by atoms with van der Waals surface area (Å²) < 4.78 is 10.2. The minimum absolute atomic E-state index is 0.214. The van der Waals surface area contributed by atoms with E-state index in [1.807, 2.05) is 6.92 Å². The van der Waals surface area contributed by atoms with Gasteiger partial charge in [0.25, 0.3) is 0 Å². The van der Waals surface area contributed by atoms with Crippen LogP contribution in [0.4, 0.5) is 0 Å². The minimum Gasteiger partial charge on any atom is -0.393 e. The lowest BCUT2D eigenvalue weighted by atomic mass is 10.2. The van der Waals surface area contributed by atoms with Gasteiger partial charge in [-0.05, 0) is 19.1 Å². The average molecular weight is 172 g/mol. The zero-order chi connectivity index (χ0) is 8.97. The molecule has 1 heterocycles. The predicted octanol–water partition coefficient (Wildman–Crippen LogP) is -0.135. The molecule has 0 aromatic carbocycles. The molecule has 0 aliphatic carbocycles. The maximum Gasteiger partial charge on any atom is 0.186 e. The van der Waals surface area contributed by atoms with Crippen LogP contribution in [-0.4, -0.2) is 36.5 Å². The SMILES string of the molecule is CCOC1C=CC(=O)C(CO)O1. The molecule has 0 aromatic heterocycles. The summed E-state index contributed by atoms with van der Waals surface area (Å²) in [5, 5.41) is 8.71. The second-order valence-corrected chi connectivity index (χ2v) is 2.39. The van der Waals surface area contributed by atoms with Gasteiger partial charge < -0.3 is 14.6 Å². The zero-order valence-corrected chi connectivity index (χ0v) is 6.90. The standard InChI is InChI=1S/C8H12O4/c1-2-11-8-4-3-6(10)7(5-9)12-8/h3-4,7-9H,2,5H2,1H3. The van der Waals surface area contributed by atoms with Crippen LogP contribution in [0, 0.1) is 0 Å². The minimum atomic E-state index is -0.758. The normalized spacial score (nSPS) is 29.3. The van der Waals surface area contributed by atoms with E-state index in [1.165, 1.54) is 12.2 Å². The first-order chi connectivity index (χ1) is 5.77. The van der Waals surface area contributed by atoms with Crippen molar-refractivity contribution >= 4 is 5.78 Å². The molecule has 0 saturated heterocycles. The lowest BCUT2D eigenvalue weighted by Crippen LogP contribution is -2.35. The molecule has 68 valence electrons. The van der Waals surface area contributed by atoms with Crippen LogP contribution >= 0.6 is 0 Å². The van der Waals surface area contributed by atoms with Crippen molar-refractivity contribution in [2.45, 2.75) is 19.3 Å². The summed E-state index contributed by atoms with van der Waals surface area (Å²) in [6, 6.07) is 0. The second-order valence-electron chi connectivity index (χ2n) is 2.39. The summed E-state index contributed by atoms with van der Waals surface area (Å²) in [6.45, 7) is 2.05. The van der Waals surface area contributed by atoms with Gasteiger partial charge in [-0.25, -0.2) is 0 Å². The zero-order valence-electron chi connectivity index (χ0n) is 6.90. The Morgan fingerprint density at radius 2 is 2.50 bits per heavy atom. The Balaban J connectivity index is 2.52. The molecule has 0 fully saturated rings. The van der Waals surface area contributed by atoms with Crippen LogP contribution in [0.5, 0.6) is 0 Å². The van der Waals surface area contributed by atoms with E-state index in [4.69, 9.17) is 14.6 Å². The molecule has 2 unspecified atom stereocenters. The second kappa shape index (κ2) is 4.35. The van der Waals surface area contributed by atoms with Crippen molar-refractivity contribution in [2.75, 3.05) is 13.2 Å². The van der Waals surface area contributed by atoms with Crippen LogP contribution < -0.4 is 0 Å². The van der Waals surface area contributed by atoms with Crippen molar-refractivity contribution in [3.05, 3.63) is 12.2 Å². The number of hydrogen-bond donors (Lipinski definition) is 1. The van der Waals surface area contributed by atoms with Crippen LogP contribution in [0.3, 0.4) is 0 Å². The van der Waals surface area contributed by atoms with Crippen molar-refractivity contribution in [3.8, 4) is 0 Å². The maximum absolute atomic E-state index is 10.9. The summed E-state index contributed by atoms with van der Waals surface area (Å²) in [6.07, 6.45) is 1.67. The van der Waals surface area contributed by atoms with Gasteiger partial charge in [0.05, 0.1) is 6.61 Å². The van der Waals surface area contributed by atoms with Crippen LogP contribution in [0.15, 0.2) is 12.2 Å². The molecule has 4 heteroatoms.